The van der Waals surface area contributed by atoms with E-state index >= 15 is 0 Å². The molecule has 0 spiro atoms. The van der Waals surface area contributed by atoms with Crippen LogP contribution in [0.3, 0.4) is 0 Å². The lowest BCUT2D eigenvalue weighted by Crippen LogP contribution is -2.13. The molecule has 3 aromatic carbocycles. The van der Waals surface area contributed by atoms with Gasteiger partial charge < -0.3 is 10.1 Å². The zero-order valence-electron chi connectivity index (χ0n) is 17.7. The number of anilines is 1. The first-order chi connectivity index (χ1) is 15.9. The predicted octanol–water partition coefficient (Wildman–Crippen LogP) is 6.63. The molecule has 0 atom stereocenters. The first-order valence-corrected chi connectivity index (χ1v) is 11.3. The van der Waals surface area contributed by atoms with Gasteiger partial charge in [0.2, 0.25) is 0 Å². The molecule has 8 heteroatoms. The molecular weight excluding hydrogens is 509 g/mol. The van der Waals surface area contributed by atoms with Gasteiger partial charge >= 0.3 is 0 Å². The predicted molar refractivity (Wildman–Crippen MR) is 130 cm³/mol. The van der Waals surface area contributed by atoms with Crippen LogP contribution in [0.15, 0.2) is 77.3 Å². The quantitative estimate of drug-likeness (QED) is 0.293. The Bertz CT molecular complexity index is 1290. The average molecular weight is 529 g/mol. The fourth-order valence-electron chi connectivity index (χ4n) is 3.21. The summed E-state index contributed by atoms with van der Waals surface area (Å²) in [6.07, 6.45) is 0. The summed E-state index contributed by atoms with van der Waals surface area (Å²) in [4.78, 5) is 12.7. The van der Waals surface area contributed by atoms with Crippen LogP contribution in [-0.2, 0) is 13.2 Å². The van der Waals surface area contributed by atoms with Crippen molar-refractivity contribution >= 4 is 39.3 Å². The number of nitrogens with one attached hydrogen (secondary N) is 1. The maximum absolute atomic E-state index is 13.3. The largest absolute Gasteiger partial charge is 0.488 e. The highest BCUT2D eigenvalue weighted by Gasteiger charge is 2.12. The van der Waals surface area contributed by atoms with Crippen LogP contribution < -0.4 is 10.1 Å². The molecule has 1 amide bonds. The minimum absolute atomic E-state index is 0.266. The number of aryl methyl sites for hydroxylation is 1. The second-order valence-corrected chi connectivity index (χ2v) is 8.70. The van der Waals surface area contributed by atoms with Crippen molar-refractivity contribution in [3.8, 4) is 5.75 Å². The lowest BCUT2D eigenvalue weighted by molar-refractivity contribution is 0.102. The summed E-state index contributed by atoms with van der Waals surface area (Å²) >= 11 is 9.57. The van der Waals surface area contributed by atoms with E-state index in [9.17, 15) is 9.18 Å². The third-order valence-electron chi connectivity index (χ3n) is 5.01. The number of ether oxygens (including phenoxy) is 1. The first-order valence-electron chi connectivity index (χ1n) is 10.1. The Morgan fingerprint density at radius 1 is 1.12 bits per heavy atom. The molecule has 4 rings (SSSR count). The van der Waals surface area contributed by atoms with Crippen LogP contribution in [0.5, 0.6) is 5.75 Å². The third-order valence-corrected chi connectivity index (χ3v) is 6.01. The molecule has 0 fully saturated rings. The summed E-state index contributed by atoms with van der Waals surface area (Å²) in [5, 5.41) is 7.58. The molecule has 0 aliphatic rings. The zero-order chi connectivity index (χ0) is 23.4. The number of halogens is 3. The number of nitrogens with zero attached hydrogens (tertiary/aromatic N) is 2. The number of benzene rings is 3. The van der Waals surface area contributed by atoms with E-state index in [-0.39, 0.29) is 11.7 Å². The maximum Gasteiger partial charge on any atom is 0.256 e. The van der Waals surface area contributed by atoms with Crippen molar-refractivity contribution in [3.63, 3.8) is 0 Å². The molecule has 4 aromatic rings. The molecule has 0 bridgehead atoms. The summed E-state index contributed by atoms with van der Waals surface area (Å²) in [7, 11) is 0. The van der Waals surface area contributed by atoms with E-state index < -0.39 is 0 Å². The number of hydrogen-bond donors (Lipinski definition) is 1. The average Bonchev–Trinajstić information content (AvgIpc) is 3.14. The Balaban J connectivity index is 1.38. The van der Waals surface area contributed by atoms with Gasteiger partial charge in [0.1, 0.15) is 18.2 Å². The standard InChI is InChI=1S/C25H20BrClFN3O2/c1-16-12-24(30-31(16)14-19-10-11-20(28)13-22(19)27)29-25(32)18-8-6-17(7-9-18)15-33-23-5-3-2-4-21(23)26/h2-13H,14-15H2,1H3,(H,29,30,32). The van der Waals surface area contributed by atoms with Crippen molar-refractivity contribution in [2.24, 2.45) is 0 Å². The Hall–Kier alpha value is -3.16. The summed E-state index contributed by atoms with van der Waals surface area (Å²) in [6, 6.07) is 20.9. The Kier molecular flexibility index (Phi) is 7.11. The first kappa shape index (κ1) is 23.0. The van der Waals surface area contributed by atoms with Gasteiger partial charge in [-0.2, -0.15) is 5.10 Å². The van der Waals surface area contributed by atoms with Crippen LogP contribution in [0.2, 0.25) is 5.02 Å². The van der Waals surface area contributed by atoms with Gasteiger partial charge in [-0.05, 0) is 70.4 Å². The lowest BCUT2D eigenvalue weighted by Gasteiger charge is -2.09. The molecular formula is C25H20BrClFN3O2. The van der Waals surface area contributed by atoms with Gasteiger partial charge in [-0.3, -0.25) is 9.48 Å². The fourth-order valence-corrected chi connectivity index (χ4v) is 3.83. The van der Waals surface area contributed by atoms with Gasteiger partial charge in [-0.1, -0.05) is 41.9 Å². The van der Waals surface area contributed by atoms with E-state index in [4.69, 9.17) is 16.3 Å². The normalized spacial score (nSPS) is 10.8. The summed E-state index contributed by atoms with van der Waals surface area (Å²) in [5.74, 6) is 0.529. The molecule has 0 saturated heterocycles. The van der Waals surface area contributed by atoms with E-state index in [2.05, 4.69) is 26.3 Å². The van der Waals surface area contributed by atoms with Crippen molar-refractivity contribution in [2.75, 3.05) is 5.32 Å². The van der Waals surface area contributed by atoms with Crippen molar-refractivity contribution in [1.29, 1.82) is 0 Å². The summed E-state index contributed by atoms with van der Waals surface area (Å²) in [6.45, 7) is 2.63. The molecule has 1 aromatic heterocycles. The molecule has 1 heterocycles. The van der Waals surface area contributed by atoms with E-state index in [0.29, 0.717) is 29.6 Å². The van der Waals surface area contributed by atoms with Crippen LogP contribution in [-0.4, -0.2) is 15.7 Å². The van der Waals surface area contributed by atoms with E-state index in [0.717, 1.165) is 27.0 Å². The van der Waals surface area contributed by atoms with Crippen LogP contribution in [0.1, 0.15) is 27.2 Å². The van der Waals surface area contributed by atoms with Crippen molar-refractivity contribution in [3.05, 3.63) is 110 Å². The highest BCUT2D eigenvalue weighted by Crippen LogP contribution is 2.25. The van der Waals surface area contributed by atoms with E-state index in [1.165, 1.54) is 12.1 Å². The van der Waals surface area contributed by atoms with Gasteiger partial charge in [-0.25, -0.2) is 4.39 Å². The minimum atomic E-state index is -0.389. The number of hydrogen-bond acceptors (Lipinski definition) is 3. The van der Waals surface area contributed by atoms with Crippen LogP contribution >= 0.6 is 27.5 Å². The van der Waals surface area contributed by atoms with Gasteiger partial charge in [-0.15, -0.1) is 0 Å². The van der Waals surface area contributed by atoms with Crippen LogP contribution in [0, 0.1) is 12.7 Å². The Morgan fingerprint density at radius 3 is 2.61 bits per heavy atom. The Morgan fingerprint density at radius 2 is 1.88 bits per heavy atom. The second-order valence-electron chi connectivity index (χ2n) is 7.43. The molecule has 1 N–H and O–H groups in total. The maximum atomic E-state index is 13.3. The van der Waals surface area contributed by atoms with Crippen molar-refractivity contribution in [1.82, 2.24) is 9.78 Å². The number of carbonyl (C=O) groups excluding carboxylic acids is 1. The monoisotopic (exact) mass is 527 g/mol. The highest BCUT2D eigenvalue weighted by atomic mass is 79.9. The molecule has 5 nitrogen and oxygen atoms in total. The van der Waals surface area contributed by atoms with Gasteiger partial charge in [0.25, 0.3) is 5.91 Å². The SMILES string of the molecule is Cc1cc(NC(=O)c2ccc(COc3ccccc3Br)cc2)nn1Cc1ccc(F)cc1Cl. The smallest absolute Gasteiger partial charge is 0.256 e. The van der Waals surface area contributed by atoms with Gasteiger partial charge in [0, 0.05) is 22.3 Å². The van der Waals surface area contributed by atoms with Crippen molar-refractivity contribution < 1.29 is 13.9 Å². The van der Waals surface area contributed by atoms with Crippen LogP contribution in [0.4, 0.5) is 10.2 Å². The number of carbonyl (C=O) groups is 1. The topological polar surface area (TPSA) is 56.1 Å². The summed E-state index contributed by atoms with van der Waals surface area (Å²) < 4.78 is 21.7. The molecule has 0 aliphatic heterocycles. The van der Waals surface area contributed by atoms with Gasteiger partial charge in [0.05, 0.1) is 11.0 Å². The van der Waals surface area contributed by atoms with Crippen molar-refractivity contribution in [2.45, 2.75) is 20.1 Å². The fraction of sp³-hybridized carbons (Fsp3) is 0.120. The number of aromatic nitrogens is 2. The molecule has 0 aliphatic carbocycles. The minimum Gasteiger partial charge on any atom is -0.488 e. The molecule has 33 heavy (non-hydrogen) atoms. The third kappa shape index (κ3) is 5.80. The molecule has 0 radical (unpaired) electrons. The lowest BCUT2D eigenvalue weighted by atomic mass is 10.1. The van der Waals surface area contributed by atoms with E-state index in [1.807, 2.05) is 43.3 Å². The molecule has 0 unspecified atom stereocenters. The number of para-hydroxylation sites is 1. The van der Waals surface area contributed by atoms with Crippen LogP contribution in [0.25, 0.3) is 0 Å². The zero-order valence-corrected chi connectivity index (χ0v) is 20.0. The second kappa shape index (κ2) is 10.2. The number of rotatable bonds is 7. The molecule has 0 saturated carbocycles. The summed E-state index contributed by atoms with van der Waals surface area (Å²) in [5.41, 5.74) is 3.03. The number of amides is 1. The molecule has 168 valence electrons. The Labute approximate surface area is 204 Å². The highest BCUT2D eigenvalue weighted by molar-refractivity contribution is 9.10. The van der Waals surface area contributed by atoms with Gasteiger partial charge in [0.15, 0.2) is 5.82 Å². The van der Waals surface area contributed by atoms with E-state index in [1.54, 1.807) is 28.9 Å².